The van der Waals surface area contributed by atoms with Crippen LogP contribution < -0.4 is 5.32 Å². The van der Waals surface area contributed by atoms with Crippen molar-refractivity contribution in [2.24, 2.45) is 5.92 Å². The summed E-state index contributed by atoms with van der Waals surface area (Å²) >= 11 is 0. The van der Waals surface area contributed by atoms with Crippen LogP contribution in [-0.2, 0) is 4.74 Å². The molecule has 2 N–H and O–H groups in total. The molecule has 1 atom stereocenters. The number of nitrogens with one attached hydrogen (secondary N) is 1. The van der Waals surface area contributed by atoms with Gasteiger partial charge in [-0.1, -0.05) is 19.3 Å². The lowest BCUT2D eigenvalue weighted by Crippen LogP contribution is -2.43. The van der Waals surface area contributed by atoms with Gasteiger partial charge in [0.1, 0.15) is 0 Å². The average Bonchev–Trinajstić information content (AvgIpc) is 3.12. The molecule has 3 heteroatoms. The monoisotopic (exact) mass is 241 g/mol. The van der Waals surface area contributed by atoms with Gasteiger partial charge in [0.25, 0.3) is 0 Å². The Morgan fingerprint density at radius 3 is 2.53 bits per heavy atom. The van der Waals surface area contributed by atoms with E-state index in [9.17, 15) is 5.11 Å². The van der Waals surface area contributed by atoms with Crippen molar-refractivity contribution in [1.82, 2.24) is 5.32 Å². The van der Waals surface area contributed by atoms with Gasteiger partial charge in [0.2, 0.25) is 0 Å². The zero-order valence-corrected chi connectivity index (χ0v) is 11.1. The molecule has 0 amide bonds. The van der Waals surface area contributed by atoms with Gasteiger partial charge < -0.3 is 15.2 Å². The lowest BCUT2D eigenvalue weighted by molar-refractivity contribution is -0.0437. The van der Waals surface area contributed by atoms with Crippen molar-refractivity contribution in [1.29, 1.82) is 0 Å². The number of ether oxygens (including phenoxy) is 1. The molecule has 0 aromatic heterocycles. The third-order valence-corrected chi connectivity index (χ3v) is 3.84. The fraction of sp³-hybridized carbons (Fsp3) is 1.00. The maximum atomic E-state index is 10.1. The molecular weight excluding hydrogens is 214 g/mol. The highest BCUT2D eigenvalue weighted by Gasteiger charge is 2.27. The van der Waals surface area contributed by atoms with Crippen LogP contribution in [0.25, 0.3) is 0 Å². The summed E-state index contributed by atoms with van der Waals surface area (Å²) in [5, 5.41) is 13.5. The standard InChI is InChI=1S/C14H27NO2/c1-14(16,10-15-13-7-8-13)11-17-9-12-5-3-2-4-6-12/h12-13,15-16H,2-11H2,1H3. The van der Waals surface area contributed by atoms with Gasteiger partial charge in [-0.05, 0) is 38.5 Å². The summed E-state index contributed by atoms with van der Waals surface area (Å²) in [6.07, 6.45) is 9.24. The minimum atomic E-state index is -0.711. The highest BCUT2D eigenvalue weighted by molar-refractivity contribution is 4.85. The first-order valence-corrected chi connectivity index (χ1v) is 7.19. The Labute approximate surface area is 105 Å². The molecule has 0 radical (unpaired) electrons. The van der Waals surface area contributed by atoms with Crippen molar-refractivity contribution in [2.75, 3.05) is 19.8 Å². The van der Waals surface area contributed by atoms with Gasteiger partial charge in [0, 0.05) is 19.2 Å². The van der Waals surface area contributed by atoms with Crippen LogP contribution in [0.1, 0.15) is 51.9 Å². The van der Waals surface area contributed by atoms with E-state index >= 15 is 0 Å². The Hall–Kier alpha value is -0.120. The van der Waals surface area contributed by atoms with E-state index < -0.39 is 5.60 Å². The van der Waals surface area contributed by atoms with Gasteiger partial charge >= 0.3 is 0 Å². The second-order valence-electron chi connectivity index (χ2n) is 6.17. The van der Waals surface area contributed by atoms with Gasteiger partial charge in [0.15, 0.2) is 0 Å². The number of rotatable bonds is 7. The summed E-state index contributed by atoms with van der Waals surface area (Å²) in [4.78, 5) is 0. The Morgan fingerprint density at radius 1 is 1.18 bits per heavy atom. The lowest BCUT2D eigenvalue weighted by Gasteiger charge is -2.26. The minimum absolute atomic E-state index is 0.462. The molecule has 17 heavy (non-hydrogen) atoms. The molecule has 100 valence electrons. The van der Waals surface area contributed by atoms with E-state index in [4.69, 9.17) is 4.74 Å². The number of aliphatic hydroxyl groups is 1. The smallest absolute Gasteiger partial charge is 0.0975 e. The van der Waals surface area contributed by atoms with E-state index in [1.165, 1.54) is 44.9 Å². The molecule has 0 aromatic carbocycles. The van der Waals surface area contributed by atoms with Crippen molar-refractivity contribution < 1.29 is 9.84 Å². The lowest BCUT2D eigenvalue weighted by atomic mass is 9.90. The normalized spacial score (nSPS) is 25.8. The molecule has 0 heterocycles. The summed E-state index contributed by atoms with van der Waals surface area (Å²) in [7, 11) is 0. The second-order valence-corrected chi connectivity index (χ2v) is 6.17. The van der Waals surface area contributed by atoms with Crippen molar-refractivity contribution in [2.45, 2.75) is 63.5 Å². The van der Waals surface area contributed by atoms with Gasteiger partial charge in [0.05, 0.1) is 12.2 Å². The molecule has 2 fully saturated rings. The summed E-state index contributed by atoms with van der Waals surface area (Å²) in [5.41, 5.74) is -0.711. The number of hydrogen-bond donors (Lipinski definition) is 2. The van der Waals surface area contributed by atoms with Crippen LogP contribution in [0.4, 0.5) is 0 Å². The molecule has 2 rings (SSSR count). The largest absolute Gasteiger partial charge is 0.386 e. The molecule has 0 aliphatic heterocycles. The van der Waals surface area contributed by atoms with Crippen LogP contribution >= 0.6 is 0 Å². The van der Waals surface area contributed by atoms with E-state index in [0.717, 1.165) is 12.5 Å². The van der Waals surface area contributed by atoms with Crippen molar-refractivity contribution >= 4 is 0 Å². The van der Waals surface area contributed by atoms with Crippen molar-refractivity contribution in [3.63, 3.8) is 0 Å². The SMILES string of the molecule is CC(O)(CNC1CC1)COCC1CCCCC1. The van der Waals surface area contributed by atoms with E-state index in [0.29, 0.717) is 19.2 Å². The molecule has 2 aliphatic rings. The Balaban J connectivity index is 1.55. The molecule has 0 saturated heterocycles. The summed E-state index contributed by atoms with van der Waals surface area (Å²) in [5.74, 6) is 0.732. The summed E-state index contributed by atoms with van der Waals surface area (Å²) in [6, 6.07) is 0.653. The van der Waals surface area contributed by atoms with E-state index in [1.54, 1.807) is 0 Å². The maximum Gasteiger partial charge on any atom is 0.0975 e. The molecular formula is C14H27NO2. The third kappa shape index (κ3) is 5.36. The van der Waals surface area contributed by atoms with Crippen LogP contribution in [-0.4, -0.2) is 36.5 Å². The molecule has 0 aromatic rings. The zero-order valence-electron chi connectivity index (χ0n) is 11.1. The first-order chi connectivity index (χ1) is 8.16. The molecule has 0 spiro atoms. The molecule has 2 saturated carbocycles. The number of hydrogen-bond acceptors (Lipinski definition) is 3. The van der Waals surface area contributed by atoms with E-state index in [-0.39, 0.29) is 0 Å². The first kappa shape index (κ1) is 13.3. The van der Waals surface area contributed by atoms with Crippen LogP contribution in [0.15, 0.2) is 0 Å². The maximum absolute atomic E-state index is 10.1. The van der Waals surface area contributed by atoms with Crippen molar-refractivity contribution in [3.05, 3.63) is 0 Å². The predicted octanol–water partition coefficient (Wildman–Crippen LogP) is 2.09. The van der Waals surface area contributed by atoms with Gasteiger partial charge in [-0.2, -0.15) is 0 Å². The Kier molecular flexibility index (Phi) is 4.83. The zero-order chi connectivity index (χ0) is 12.1. The van der Waals surface area contributed by atoms with E-state index in [2.05, 4.69) is 5.32 Å². The van der Waals surface area contributed by atoms with Crippen molar-refractivity contribution in [3.8, 4) is 0 Å². The first-order valence-electron chi connectivity index (χ1n) is 7.19. The van der Waals surface area contributed by atoms with Crippen LogP contribution in [0.2, 0.25) is 0 Å². The summed E-state index contributed by atoms with van der Waals surface area (Å²) < 4.78 is 5.70. The minimum Gasteiger partial charge on any atom is -0.386 e. The fourth-order valence-corrected chi connectivity index (χ4v) is 2.50. The average molecular weight is 241 g/mol. The predicted molar refractivity (Wildman–Crippen MR) is 69.0 cm³/mol. The molecule has 0 bridgehead atoms. The highest BCUT2D eigenvalue weighted by Crippen LogP contribution is 2.24. The highest BCUT2D eigenvalue weighted by atomic mass is 16.5. The van der Waals surface area contributed by atoms with E-state index in [1.807, 2.05) is 6.92 Å². The van der Waals surface area contributed by atoms with Crippen LogP contribution in [0.5, 0.6) is 0 Å². The topological polar surface area (TPSA) is 41.5 Å². The van der Waals surface area contributed by atoms with Crippen LogP contribution in [0, 0.1) is 5.92 Å². The molecule has 1 unspecified atom stereocenters. The second kappa shape index (κ2) is 6.17. The van der Waals surface area contributed by atoms with Crippen LogP contribution in [0.3, 0.4) is 0 Å². The van der Waals surface area contributed by atoms with Gasteiger partial charge in [-0.3, -0.25) is 0 Å². The fourth-order valence-electron chi connectivity index (χ4n) is 2.50. The Bertz CT molecular complexity index is 220. The molecule has 3 nitrogen and oxygen atoms in total. The van der Waals surface area contributed by atoms with Gasteiger partial charge in [-0.15, -0.1) is 0 Å². The Morgan fingerprint density at radius 2 is 1.88 bits per heavy atom. The molecule has 2 aliphatic carbocycles. The van der Waals surface area contributed by atoms with Gasteiger partial charge in [-0.25, -0.2) is 0 Å². The third-order valence-electron chi connectivity index (χ3n) is 3.84. The summed E-state index contributed by atoms with van der Waals surface area (Å²) in [6.45, 7) is 3.81. The quantitative estimate of drug-likeness (QED) is 0.717.